The standard InChI is InChI=1S/C49H41N7/c1-47(2,3)28-21-22-50-43(23-28)54-37-17-10-8-13-31(37)33-25-40-41(26-39(33)54)53(46-52-36-16-9-11-18-38(36)55(40)46)29-19-20-30-32-14-12-15-35-44(32)56-42(49(6,7)48(35,4)5)27-51-45(56)34(30)24-29/h8-27H,1-7H3. The minimum atomic E-state index is -0.122. The lowest BCUT2D eigenvalue weighted by molar-refractivity contribution is 0.288. The van der Waals surface area contributed by atoms with Crippen molar-refractivity contribution >= 4 is 77.0 Å². The molecule has 6 aromatic heterocycles. The van der Waals surface area contributed by atoms with Gasteiger partial charge >= 0.3 is 0 Å². The van der Waals surface area contributed by atoms with E-state index in [0.717, 1.165) is 61.4 Å². The number of pyridine rings is 2. The third kappa shape index (κ3) is 3.80. The van der Waals surface area contributed by atoms with Gasteiger partial charge in [-0.1, -0.05) is 103 Å². The van der Waals surface area contributed by atoms with Crippen LogP contribution >= 0.6 is 0 Å². The van der Waals surface area contributed by atoms with Crippen LogP contribution in [0.5, 0.6) is 0 Å². The molecular formula is C49H41N7. The lowest BCUT2D eigenvalue weighted by Gasteiger charge is -2.45. The van der Waals surface area contributed by atoms with E-state index >= 15 is 0 Å². The van der Waals surface area contributed by atoms with Crippen LogP contribution in [0.3, 0.4) is 0 Å². The minimum Gasteiger partial charge on any atom is -0.295 e. The van der Waals surface area contributed by atoms with Crippen LogP contribution < -0.4 is 0 Å². The molecule has 0 bridgehead atoms. The molecule has 0 saturated heterocycles. The van der Waals surface area contributed by atoms with Crippen molar-refractivity contribution in [1.29, 1.82) is 0 Å². The van der Waals surface area contributed by atoms with Crippen molar-refractivity contribution in [3.05, 3.63) is 138 Å². The molecule has 0 amide bonds. The molecule has 0 spiro atoms. The number of nitrogens with zero attached hydrogens (tertiary/aromatic N) is 7. The lowest BCUT2D eigenvalue weighted by atomic mass is 9.61. The zero-order valence-corrected chi connectivity index (χ0v) is 32.7. The van der Waals surface area contributed by atoms with Gasteiger partial charge in [-0.2, -0.15) is 0 Å². The Bertz CT molecular complexity index is 3520. The molecule has 0 fully saturated rings. The molecule has 7 nitrogen and oxygen atoms in total. The van der Waals surface area contributed by atoms with Crippen molar-refractivity contribution in [1.82, 2.24) is 32.9 Å². The number of fused-ring (bicyclic) bond motifs is 11. The third-order valence-electron chi connectivity index (χ3n) is 13.5. The third-order valence-corrected chi connectivity index (χ3v) is 13.5. The normalized spacial score (nSPS) is 15.3. The van der Waals surface area contributed by atoms with E-state index in [4.69, 9.17) is 15.0 Å². The summed E-state index contributed by atoms with van der Waals surface area (Å²) in [6.45, 7) is 16.2. The Morgan fingerprint density at radius 2 is 1.34 bits per heavy atom. The van der Waals surface area contributed by atoms with Crippen LogP contribution in [0.2, 0.25) is 0 Å². The maximum atomic E-state index is 5.32. The molecule has 1 aliphatic rings. The molecule has 11 aromatic rings. The van der Waals surface area contributed by atoms with Crippen molar-refractivity contribution < 1.29 is 0 Å². The Labute approximate surface area is 323 Å². The van der Waals surface area contributed by atoms with Crippen molar-refractivity contribution in [3.8, 4) is 11.5 Å². The van der Waals surface area contributed by atoms with Crippen molar-refractivity contribution in [2.45, 2.75) is 64.7 Å². The summed E-state index contributed by atoms with van der Waals surface area (Å²) in [5.74, 6) is 1.79. The molecule has 12 rings (SSSR count). The fourth-order valence-corrected chi connectivity index (χ4v) is 9.83. The Morgan fingerprint density at radius 3 is 2.18 bits per heavy atom. The van der Waals surface area contributed by atoms with E-state index in [0.29, 0.717) is 0 Å². The molecule has 7 heterocycles. The van der Waals surface area contributed by atoms with Crippen molar-refractivity contribution in [3.63, 3.8) is 0 Å². The number of benzene rings is 5. The molecule has 0 saturated carbocycles. The highest BCUT2D eigenvalue weighted by Crippen LogP contribution is 2.51. The van der Waals surface area contributed by atoms with Gasteiger partial charge in [0.25, 0.3) is 0 Å². The molecule has 0 unspecified atom stereocenters. The summed E-state index contributed by atoms with van der Waals surface area (Å²) in [5.41, 5.74) is 13.4. The fourth-order valence-electron chi connectivity index (χ4n) is 9.83. The van der Waals surface area contributed by atoms with Gasteiger partial charge in [0.05, 0.1) is 38.6 Å². The van der Waals surface area contributed by atoms with Gasteiger partial charge in [0, 0.05) is 56.1 Å². The molecule has 0 atom stereocenters. The summed E-state index contributed by atoms with van der Waals surface area (Å²) in [6.07, 6.45) is 4.06. The topological polar surface area (TPSA) is 57.3 Å². The van der Waals surface area contributed by atoms with Crippen LogP contribution in [0.1, 0.15) is 65.3 Å². The van der Waals surface area contributed by atoms with Gasteiger partial charge in [-0.25, -0.2) is 15.0 Å². The van der Waals surface area contributed by atoms with Crippen molar-refractivity contribution in [2.24, 2.45) is 0 Å². The van der Waals surface area contributed by atoms with E-state index in [2.05, 4.69) is 182 Å². The summed E-state index contributed by atoms with van der Waals surface area (Å²) in [7, 11) is 0. The Balaban J connectivity index is 1.21. The van der Waals surface area contributed by atoms with Crippen LogP contribution in [0.25, 0.3) is 88.5 Å². The molecule has 0 radical (unpaired) electrons. The second-order valence-corrected chi connectivity index (χ2v) is 17.9. The number of imidazole rings is 3. The van der Waals surface area contributed by atoms with Crippen LogP contribution in [0.4, 0.5) is 0 Å². The number of hydrogen-bond donors (Lipinski definition) is 0. The van der Waals surface area contributed by atoms with Gasteiger partial charge in [0.15, 0.2) is 0 Å². The van der Waals surface area contributed by atoms with E-state index in [1.54, 1.807) is 0 Å². The fraction of sp³-hybridized carbons (Fsp3) is 0.204. The van der Waals surface area contributed by atoms with Gasteiger partial charge in [-0.05, 0) is 76.5 Å². The van der Waals surface area contributed by atoms with Gasteiger partial charge < -0.3 is 0 Å². The van der Waals surface area contributed by atoms with Crippen LogP contribution in [0, 0.1) is 0 Å². The molecule has 56 heavy (non-hydrogen) atoms. The quantitative estimate of drug-likeness (QED) is 0.167. The SMILES string of the molecule is CC(C)(C)c1ccnc(-n2c3ccccc3c3cc4c(cc32)n(-c2ccc3c(c2)c2ncc5n2c2c(cccc32)C(C)(C)C5(C)C)c2nc3ccccc3n42)c1. The summed E-state index contributed by atoms with van der Waals surface area (Å²) in [6, 6.07) is 40.0. The van der Waals surface area contributed by atoms with Crippen LogP contribution in [-0.4, -0.2) is 32.9 Å². The zero-order chi connectivity index (χ0) is 38.0. The first kappa shape index (κ1) is 31.8. The van der Waals surface area contributed by atoms with Crippen LogP contribution in [0.15, 0.2) is 122 Å². The maximum Gasteiger partial charge on any atom is 0.220 e. The molecule has 0 N–H and O–H groups in total. The molecule has 7 heteroatoms. The molecular weight excluding hydrogens is 687 g/mol. The first-order chi connectivity index (χ1) is 26.9. The van der Waals surface area contributed by atoms with Crippen LogP contribution in [-0.2, 0) is 16.2 Å². The Kier molecular flexibility index (Phi) is 5.82. The number of aromatic nitrogens is 7. The second-order valence-electron chi connectivity index (χ2n) is 17.9. The highest BCUT2D eigenvalue weighted by Gasteiger charge is 2.46. The lowest BCUT2D eigenvalue weighted by Crippen LogP contribution is -2.44. The average molecular weight is 728 g/mol. The highest BCUT2D eigenvalue weighted by atomic mass is 15.2. The van der Waals surface area contributed by atoms with E-state index < -0.39 is 0 Å². The van der Waals surface area contributed by atoms with Gasteiger partial charge in [-0.15, -0.1) is 0 Å². The smallest absolute Gasteiger partial charge is 0.220 e. The van der Waals surface area contributed by atoms with E-state index in [1.165, 1.54) is 43.9 Å². The number of hydrogen-bond acceptors (Lipinski definition) is 3. The zero-order valence-electron chi connectivity index (χ0n) is 32.7. The van der Waals surface area contributed by atoms with E-state index in [9.17, 15) is 0 Å². The van der Waals surface area contributed by atoms with E-state index in [-0.39, 0.29) is 16.2 Å². The molecule has 0 aliphatic carbocycles. The molecule has 1 aliphatic heterocycles. The first-order valence-electron chi connectivity index (χ1n) is 19.6. The number of rotatable bonds is 2. The first-order valence-corrected chi connectivity index (χ1v) is 19.6. The summed E-state index contributed by atoms with van der Waals surface area (Å²) >= 11 is 0. The van der Waals surface area contributed by atoms with Gasteiger partial charge in [-0.3, -0.25) is 17.9 Å². The highest BCUT2D eigenvalue weighted by molar-refractivity contribution is 6.15. The molecule has 272 valence electrons. The maximum absolute atomic E-state index is 5.32. The van der Waals surface area contributed by atoms with Gasteiger partial charge in [0.1, 0.15) is 11.5 Å². The predicted molar refractivity (Wildman–Crippen MR) is 230 cm³/mol. The largest absolute Gasteiger partial charge is 0.295 e. The van der Waals surface area contributed by atoms with E-state index in [1.807, 2.05) is 6.20 Å². The molecule has 5 aromatic carbocycles. The van der Waals surface area contributed by atoms with Crippen molar-refractivity contribution in [2.75, 3.05) is 0 Å². The summed E-state index contributed by atoms with van der Waals surface area (Å²) in [4.78, 5) is 15.5. The minimum absolute atomic E-state index is 0.0145. The number of para-hydroxylation sites is 4. The average Bonchev–Trinajstić information content (AvgIpc) is 3.95. The second kappa shape index (κ2) is 10.2. The van der Waals surface area contributed by atoms with Gasteiger partial charge in [0.2, 0.25) is 5.78 Å². The summed E-state index contributed by atoms with van der Waals surface area (Å²) < 4.78 is 9.45. The summed E-state index contributed by atoms with van der Waals surface area (Å²) in [5, 5.41) is 5.96. The Hall–Kier alpha value is -6.47. The monoisotopic (exact) mass is 727 g/mol. The predicted octanol–water partition coefficient (Wildman–Crippen LogP) is 11.7. The Morgan fingerprint density at radius 1 is 0.554 bits per heavy atom.